The fraction of sp³-hybridized carbons (Fsp3) is 0.667. The van der Waals surface area contributed by atoms with Crippen LogP contribution in [0.5, 0.6) is 0 Å². The van der Waals surface area contributed by atoms with Gasteiger partial charge in [0.2, 0.25) is 0 Å². The average Bonchev–Trinajstić information content (AvgIpc) is 2.44. The van der Waals surface area contributed by atoms with E-state index in [1.54, 1.807) is 0 Å². The second-order valence-corrected chi connectivity index (χ2v) is 7.29. The van der Waals surface area contributed by atoms with Gasteiger partial charge in [0, 0.05) is 29.3 Å². The van der Waals surface area contributed by atoms with Crippen LogP contribution in [0.3, 0.4) is 0 Å². The van der Waals surface area contributed by atoms with E-state index in [-0.39, 0.29) is 6.04 Å². The van der Waals surface area contributed by atoms with Crippen molar-refractivity contribution in [3.63, 3.8) is 0 Å². The van der Waals surface area contributed by atoms with Gasteiger partial charge in [0.1, 0.15) is 0 Å². The Labute approximate surface area is 134 Å². The van der Waals surface area contributed by atoms with Gasteiger partial charge in [-0.25, -0.2) is 0 Å². The monoisotopic (exact) mass is 308 g/mol. The zero-order valence-electron chi connectivity index (χ0n) is 13.8. The molecule has 1 fully saturated rings. The number of rotatable bonds is 4. The summed E-state index contributed by atoms with van der Waals surface area (Å²) in [6, 6.07) is 7.05. The highest BCUT2D eigenvalue weighted by atomic mass is 35.5. The van der Waals surface area contributed by atoms with Gasteiger partial charge >= 0.3 is 0 Å². The number of halogens is 1. The van der Waals surface area contributed by atoms with E-state index in [4.69, 9.17) is 17.3 Å². The highest BCUT2D eigenvalue weighted by Crippen LogP contribution is 2.35. The van der Waals surface area contributed by atoms with Crippen LogP contribution in [0.25, 0.3) is 0 Å². The van der Waals surface area contributed by atoms with Crippen molar-refractivity contribution in [2.24, 2.45) is 17.6 Å². The number of nitrogens with zero attached hydrogens (tertiary/aromatic N) is 1. The number of nitrogens with two attached hydrogens (primary N) is 1. The summed E-state index contributed by atoms with van der Waals surface area (Å²) in [4.78, 5) is 2.54. The molecule has 21 heavy (non-hydrogen) atoms. The Morgan fingerprint density at radius 3 is 2.71 bits per heavy atom. The molecule has 0 aromatic heterocycles. The van der Waals surface area contributed by atoms with Gasteiger partial charge in [-0.05, 0) is 55.7 Å². The first-order valence-corrected chi connectivity index (χ1v) is 8.60. The maximum atomic E-state index is 6.27. The zero-order valence-corrected chi connectivity index (χ0v) is 14.5. The van der Waals surface area contributed by atoms with Crippen molar-refractivity contribution >= 4 is 17.3 Å². The van der Waals surface area contributed by atoms with Gasteiger partial charge in [0.05, 0.1) is 0 Å². The molecule has 1 aromatic carbocycles. The van der Waals surface area contributed by atoms with Crippen molar-refractivity contribution in [2.45, 2.75) is 59.0 Å². The Morgan fingerprint density at radius 1 is 1.33 bits per heavy atom. The van der Waals surface area contributed by atoms with Crippen LogP contribution in [0.4, 0.5) is 5.69 Å². The Morgan fingerprint density at radius 2 is 2.05 bits per heavy atom. The summed E-state index contributed by atoms with van der Waals surface area (Å²) in [5, 5.41) is 0.817. The molecule has 2 N–H and O–H groups in total. The Balaban J connectivity index is 2.34. The van der Waals surface area contributed by atoms with E-state index in [0.29, 0.717) is 12.0 Å². The van der Waals surface area contributed by atoms with E-state index in [9.17, 15) is 0 Å². The molecule has 1 aromatic rings. The van der Waals surface area contributed by atoms with Crippen LogP contribution in [-0.2, 0) is 6.42 Å². The lowest BCUT2D eigenvalue weighted by atomic mass is 9.85. The predicted octanol–water partition coefficient (Wildman–Crippen LogP) is 4.49. The van der Waals surface area contributed by atoms with Crippen LogP contribution in [-0.4, -0.2) is 18.6 Å². The van der Waals surface area contributed by atoms with Crippen LogP contribution in [0, 0.1) is 11.8 Å². The van der Waals surface area contributed by atoms with Crippen molar-refractivity contribution < 1.29 is 0 Å². The summed E-state index contributed by atoms with van der Waals surface area (Å²) in [6.07, 6.45) is 3.24. The number of hydrogen-bond acceptors (Lipinski definition) is 2. The standard InChI is InChI=1S/C18H29ClN2/c1-5-17(20)9-15-6-7-16(19)10-18(15)21-11-12(2)8-13(3)14(21)4/h6-7,10,12-14,17H,5,8-9,11,20H2,1-4H3. The molecule has 1 aliphatic rings. The third-order valence-corrected chi connectivity index (χ3v) is 5.20. The SMILES string of the molecule is CCC(N)Cc1ccc(Cl)cc1N1CC(C)CC(C)C1C. The highest BCUT2D eigenvalue weighted by molar-refractivity contribution is 6.30. The first-order chi connectivity index (χ1) is 9.92. The van der Waals surface area contributed by atoms with E-state index in [1.807, 2.05) is 6.07 Å². The maximum absolute atomic E-state index is 6.27. The minimum absolute atomic E-state index is 0.222. The molecule has 2 nitrogen and oxygen atoms in total. The van der Waals surface area contributed by atoms with Crippen molar-refractivity contribution in [3.05, 3.63) is 28.8 Å². The van der Waals surface area contributed by atoms with Gasteiger partial charge in [0.25, 0.3) is 0 Å². The smallest absolute Gasteiger partial charge is 0.0426 e. The summed E-state index contributed by atoms with van der Waals surface area (Å²) < 4.78 is 0. The molecule has 4 unspecified atom stereocenters. The van der Waals surface area contributed by atoms with Crippen LogP contribution in [0.2, 0.25) is 5.02 Å². The average molecular weight is 309 g/mol. The molecular weight excluding hydrogens is 280 g/mol. The second kappa shape index (κ2) is 7.02. The molecule has 0 aliphatic carbocycles. The maximum Gasteiger partial charge on any atom is 0.0426 e. The third kappa shape index (κ3) is 3.92. The normalized spacial score (nSPS) is 27.7. The Bertz CT molecular complexity index is 474. The minimum Gasteiger partial charge on any atom is -0.368 e. The van der Waals surface area contributed by atoms with Gasteiger partial charge in [-0.3, -0.25) is 0 Å². The van der Waals surface area contributed by atoms with Crippen molar-refractivity contribution in [2.75, 3.05) is 11.4 Å². The summed E-state index contributed by atoms with van der Waals surface area (Å²) in [5.74, 6) is 1.43. The van der Waals surface area contributed by atoms with Crippen molar-refractivity contribution in [1.82, 2.24) is 0 Å². The van der Waals surface area contributed by atoms with E-state index >= 15 is 0 Å². The molecule has 0 spiro atoms. The second-order valence-electron chi connectivity index (χ2n) is 6.86. The summed E-state index contributed by atoms with van der Waals surface area (Å²) >= 11 is 6.27. The van der Waals surface area contributed by atoms with E-state index in [2.05, 4.69) is 44.7 Å². The molecule has 2 rings (SSSR count). The van der Waals surface area contributed by atoms with Crippen molar-refractivity contribution in [1.29, 1.82) is 0 Å². The lowest BCUT2D eigenvalue weighted by molar-refractivity contribution is 0.296. The van der Waals surface area contributed by atoms with Gasteiger partial charge in [-0.15, -0.1) is 0 Å². The number of anilines is 1. The molecule has 3 heteroatoms. The van der Waals surface area contributed by atoms with Crippen LogP contribution in [0.15, 0.2) is 18.2 Å². The molecule has 1 aliphatic heterocycles. The quantitative estimate of drug-likeness (QED) is 0.888. The molecule has 1 saturated heterocycles. The van der Waals surface area contributed by atoms with Gasteiger partial charge in [0.15, 0.2) is 0 Å². The molecule has 4 atom stereocenters. The van der Waals surface area contributed by atoms with Crippen LogP contribution < -0.4 is 10.6 Å². The number of benzene rings is 1. The van der Waals surface area contributed by atoms with Crippen LogP contribution in [0.1, 0.15) is 46.1 Å². The Hall–Kier alpha value is -0.730. The summed E-state index contributed by atoms with van der Waals surface area (Å²) in [7, 11) is 0. The third-order valence-electron chi connectivity index (χ3n) is 4.96. The number of hydrogen-bond donors (Lipinski definition) is 1. The molecule has 0 radical (unpaired) electrons. The Kier molecular flexibility index (Phi) is 5.56. The molecule has 0 saturated carbocycles. The molecule has 118 valence electrons. The van der Waals surface area contributed by atoms with Crippen LogP contribution >= 0.6 is 11.6 Å². The highest BCUT2D eigenvalue weighted by Gasteiger charge is 2.30. The minimum atomic E-state index is 0.222. The fourth-order valence-corrected chi connectivity index (χ4v) is 3.60. The molecule has 1 heterocycles. The zero-order chi connectivity index (χ0) is 15.6. The van der Waals surface area contributed by atoms with Gasteiger partial charge in [-0.2, -0.15) is 0 Å². The van der Waals surface area contributed by atoms with Gasteiger partial charge < -0.3 is 10.6 Å². The van der Waals surface area contributed by atoms with E-state index in [0.717, 1.165) is 30.3 Å². The topological polar surface area (TPSA) is 29.3 Å². The number of piperidine rings is 1. The molecular formula is C18H29ClN2. The lowest BCUT2D eigenvalue weighted by Crippen LogP contribution is -2.46. The summed E-state index contributed by atoms with van der Waals surface area (Å²) in [6.45, 7) is 10.3. The van der Waals surface area contributed by atoms with Crippen molar-refractivity contribution in [3.8, 4) is 0 Å². The summed E-state index contributed by atoms with van der Waals surface area (Å²) in [5.41, 5.74) is 8.80. The van der Waals surface area contributed by atoms with E-state index in [1.165, 1.54) is 17.7 Å². The van der Waals surface area contributed by atoms with Gasteiger partial charge in [-0.1, -0.05) is 38.4 Å². The fourth-order valence-electron chi connectivity index (χ4n) is 3.44. The first kappa shape index (κ1) is 16.6. The molecule has 0 amide bonds. The largest absolute Gasteiger partial charge is 0.368 e. The lowest BCUT2D eigenvalue weighted by Gasteiger charge is -2.43. The molecule has 0 bridgehead atoms. The first-order valence-electron chi connectivity index (χ1n) is 8.23. The van der Waals surface area contributed by atoms with E-state index < -0.39 is 0 Å². The predicted molar refractivity (Wildman–Crippen MR) is 93.2 cm³/mol.